The first kappa shape index (κ1) is 23.1. The molecule has 0 radical (unpaired) electrons. The standard InChI is InChI=1S/C23H27N3O3S3/c1-4-11-26-19-8-7-18(16(2)3)15-20(19)31-23(26)24-22(27)17-9-12-25(13-10-17)32(28,29)21-6-5-14-30-21/h4-8,14-17H,1,9-13H2,2-3H3. The number of thiophene rings is 1. The van der Waals surface area contributed by atoms with E-state index < -0.39 is 10.0 Å². The number of thiazole rings is 1. The molecule has 0 saturated carbocycles. The molecule has 9 heteroatoms. The molecule has 1 aliphatic rings. The predicted molar refractivity (Wildman–Crippen MR) is 130 cm³/mol. The van der Waals surface area contributed by atoms with Gasteiger partial charge >= 0.3 is 0 Å². The largest absolute Gasteiger partial charge is 0.313 e. The van der Waals surface area contributed by atoms with Crippen molar-refractivity contribution in [1.82, 2.24) is 8.87 Å². The molecule has 0 N–H and O–H groups in total. The Kier molecular flexibility index (Phi) is 6.80. The molecule has 2 aromatic heterocycles. The second-order valence-electron chi connectivity index (χ2n) is 8.23. The molecular formula is C23H27N3O3S3. The lowest BCUT2D eigenvalue weighted by Crippen LogP contribution is -2.40. The summed E-state index contributed by atoms with van der Waals surface area (Å²) in [6.07, 6.45) is 2.77. The molecule has 6 nitrogen and oxygen atoms in total. The van der Waals surface area contributed by atoms with Crippen molar-refractivity contribution in [3.05, 3.63) is 58.7 Å². The van der Waals surface area contributed by atoms with Crippen molar-refractivity contribution in [1.29, 1.82) is 0 Å². The smallest absolute Gasteiger partial charge is 0.252 e. The van der Waals surface area contributed by atoms with Crippen LogP contribution in [0.5, 0.6) is 0 Å². The first-order chi connectivity index (χ1) is 15.3. The van der Waals surface area contributed by atoms with Gasteiger partial charge in [0, 0.05) is 25.6 Å². The zero-order valence-electron chi connectivity index (χ0n) is 18.2. The van der Waals surface area contributed by atoms with Crippen LogP contribution < -0.4 is 4.80 Å². The first-order valence-electron chi connectivity index (χ1n) is 10.7. The number of sulfonamides is 1. The fourth-order valence-corrected chi connectivity index (χ4v) is 7.61. The molecule has 0 bridgehead atoms. The van der Waals surface area contributed by atoms with E-state index in [-0.39, 0.29) is 11.8 Å². The average molecular weight is 490 g/mol. The molecule has 0 unspecified atom stereocenters. The maximum Gasteiger partial charge on any atom is 0.252 e. The Labute approximate surface area is 196 Å². The second-order valence-corrected chi connectivity index (χ2v) is 12.3. The zero-order valence-corrected chi connectivity index (χ0v) is 20.7. The van der Waals surface area contributed by atoms with E-state index in [1.807, 2.05) is 4.57 Å². The summed E-state index contributed by atoms with van der Waals surface area (Å²) in [5, 5.41) is 1.76. The molecule has 1 fully saturated rings. The minimum atomic E-state index is -3.47. The summed E-state index contributed by atoms with van der Waals surface area (Å²) in [4.78, 5) is 18.1. The number of nitrogens with zero attached hydrogens (tertiary/aromatic N) is 3. The van der Waals surface area contributed by atoms with Crippen LogP contribution in [0, 0.1) is 5.92 Å². The van der Waals surface area contributed by atoms with Crippen LogP contribution in [0.3, 0.4) is 0 Å². The van der Waals surface area contributed by atoms with E-state index in [0.717, 1.165) is 10.2 Å². The summed E-state index contributed by atoms with van der Waals surface area (Å²) in [6, 6.07) is 9.73. The lowest BCUT2D eigenvalue weighted by molar-refractivity contribution is -0.122. The Hall–Kier alpha value is -2.07. The SMILES string of the molecule is C=CCn1c(=NC(=O)C2CCN(S(=O)(=O)c3cccs3)CC2)sc2cc(C(C)C)ccc21. The second kappa shape index (κ2) is 9.43. The summed E-state index contributed by atoms with van der Waals surface area (Å²) >= 11 is 2.73. The molecule has 4 rings (SSSR count). The predicted octanol–water partition coefficient (Wildman–Crippen LogP) is 4.60. The van der Waals surface area contributed by atoms with Gasteiger partial charge in [0.15, 0.2) is 4.80 Å². The van der Waals surface area contributed by atoms with Crippen LogP contribution in [0.2, 0.25) is 0 Å². The van der Waals surface area contributed by atoms with Gasteiger partial charge in [0.2, 0.25) is 0 Å². The van der Waals surface area contributed by atoms with Crippen molar-refractivity contribution in [3.8, 4) is 0 Å². The van der Waals surface area contributed by atoms with Crippen molar-refractivity contribution in [2.45, 2.75) is 43.4 Å². The molecule has 3 aromatic rings. The topological polar surface area (TPSA) is 71.7 Å². The number of hydrogen-bond donors (Lipinski definition) is 0. The van der Waals surface area contributed by atoms with Crippen LogP contribution in [-0.4, -0.2) is 36.3 Å². The highest BCUT2D eigenvalue weighted by atomic mass is 32.2. The van der Waals surface area contributed by atoms with Gasteiger partial charge < -0.3 is 4.57 Å². The quantitative estimate of drug-likeness (QED) is 0.475. The van der Waals surface area contributed by atoms with Crippen LogP contribution in [0.15, 0.2) is 57.6 Å². The van der Waals surface area contributed by atoms with E-state index in [4.69, 9.17) is 0 Å². The van der Waals surface area contributed by atoms with Crippen molar-refractivity contribution in [2.75, 3.05) is 13.1 Å². The molecule has 1 amide bonds. The number of amides is 1. The highest BCUT2D eigenvalue weighted by Crippen LogP contribution is 2.27. The summed E-state index contributed by atoms with van der Waals surface area (Å²) in [5.41, 5.74) is 2.30. The number of rotatable bonds is 6. The number of carbonyl (C=O) groups is 1. The zero-order chi connectivity index (χ0) is 22.9. The Morgan fingerprint density at radius 1 is 1.28 bits per heavy atom. The molecule has 1 aromatic carbocycles. The van der Waals surface area contributed by atoms with Gasteiger partial charge in [0.25, 0.3) is 15.9 Å². The van der Waals surface area contributed by atoms with E-state index >= 15 is 0 Å². The first-order valence-corrected chi connectivity index (χ1v) is 13.8. The van der Waals surface area contributed by atoms with Crippen molar-refractivity contribution >= 4 is 48.8 Å². The number of allylic oxidation sites excluding steroid dienone is 1. The van der Waals surface area contributed by atoms with Crippen LogP contribution >= 0.6 is 22.7 Å². The van der Waals surface area contributed by atoms with Crippen LogP contribution in [-0.2, 0) is 21.4 Å². The van der Waals surface area contributed by atoms with Crippen molar-refractivity contribution in [2.24, 2.45) is 10.9 Å². The number of hydrogen-bond acceptors (Lipinski definition) is 5. The molecule has 1 aliphatic heterocycles. The number of benzene rings is 1. The van der Waals surface area contributed by atoms with E-state index in [1.54, 1.807) is 23.6 Å². The Bertz CT molecular complexity index is 1290. The number of piperidine rings is 1. The third kappa shape index (κ3) is 4.52. The van der Waals surface area contributed by atoms with E-state index in [9.17, 15) is 13.2 Å². The van der Waals surface area contributed by atoms with Gasteiger partial charge in [-0.05, 0) is 47.9 Å². The van der Waals surface area contributed by atoms with Crippen LogP contribution in [0.1, 0.15) is 38.2 Å². The normalized spacial score (nSPS) is 16.8. The molecule has 0 aliphatic carbocycles. The highest BCUT2D eigenvalue weighted by molar-refractivity contribution is 7.91. The number of carbonyl (C=O) groups excluding carboxylic acids is 1. The minimum absolute atomic E-state index is 0.174. The summed E-state index contributed by atoms with van der Waals surface area (Å²) in [5.74, 6) is -0.0166. The molecule has 3 heterocycles. The fourth-order valence-electron chi connectivity index (χ4n) is 3.91. The van der Waals surface area contributed by atoms with Crippen molar-refractivity contribution < 1.29 is 13.2 Å². The lowest BCUT2D eigenvalue weighted by atomic mass is 9.98. The molecule has 0 spiro atoms. The number of aromatic nitrogens is 1. The average Bonchev–Trinajstić information content (AvgIpc) is 3.43. The summed E-state index contributed by atoms with van der Waals surface area (Å²) in [7, 11) is -3.47. The van der Waals surface area contributed by atoms with Crippen LogP contribution in [0.25, 0.3) is 10.2 Å². The minimum Gasteiger partial charge on any atom is -0.313 e. The molecule has 1 saturated heterocycles. The number of fused-ring (bicyclic) bond motifs is 1. The van der Waals surface area contributed by atoms with E-state index in [2.05, 4.69) is 43.6 Å². The van der Waals surface area contributed by atoms with Gasteiger partial charge in [0.05, 0.1) is 10.2 Å². The fraction of sp³-hybridized carbons (Fsp3) is 0.391. The summed E-state index contributed by atoms with van der Waals surface area (Å²) < 4.78 is 30.4. The van der Waals surface area contributed by atoms with Crippen LogP contribution in [0.4, 0.5) is 0 Å². The van der Waals surface area contributed by atoms with Gasteiger partial charge in [0.1, 0.15) is 4.21 Å². The summed E-state index contributed by atoms with van der Waals surface area (Å²) in [6.45, 7) is 9.41. The Morgan fingerprint density at radius 2 is 2.03 bits per heavy atom. The molecule has 170 valence electrons. The maximum absolute atomic E-state index is 13.0. The van der Waals surface area contributed by atoms with E-state index in [1.165, 1.54) is 32.5 Å². The maximum atomic E-state index is 13.0. The Morgan fingerprint density at radius 3 is 2.66 bits per heavy atom. The molecule has 0 atom stereocenters. The highest BCUT2D eigenvalue weighted by Gasteiger charge is 2.32. The van der Waals surface area contributed by atoms with Gasteiger partial charge in [-0.2, -0.15) is 9.30 Å². The van der Waals surface area contributed by atoms with Gasteiger partial charge in [-0.15, -0.1) is 17.9 Å². The lowest BCUT2D eigenvalue weighted by Gasteiger charge is -2.29. The third-order valence-corrected chi connectivity index (χ3v) is 10.1. The van der Waals surface area contributed by atoms with E-state index in [0.29, 0.717) is 47.4 Å². The molecular weight excluding hydrogens is 462 g/mol. The van der Waals surface area contributed by atoms with Crippen molar-refractivity contribution in [3.63, 3.8) is 0 Å². The monoisotopic (exact) mass is 489 g/mol. The molecule has 32 heavy (non-hydrogen) atoms. The third-order valence-electron chi connectivity index (χ3n) is 5.78. The Balaban J connectivity index is 1.56. The van der Waals surface area contributed by atoms with Gasteiger partial charge in [-0.1, -0.05) is 43.4 Å². The van der Waals surface area contributed by atoms with Gasteiger partial charge in [-0.3, -0.25) is 4.79 Å². The van der Waals surface area contributed by atoms with Gasteiger partial charge in [-0.25, -0.2) is 8.42 Å².